The van der Waals surface area contributed by atoms with Crippen LogP contribution in [0.3, 0.4) is 0 Å². The highest BCUT2D eigenvalue weighted by atomic mass is 28.4. The summed E-state index contributed by atoms with van der Waals surface area (Å²) in [6.45, 7) is 12.5. The lowest BCUT2D eigenvalue weighted by Gasteiger charge is -2.36. The van der Waals surface area contributed by atoms with Gasteiger partial charge in [0.05, 0.1) is 0 Å². The van der Waals surface area contributed by atoms with Crippen molar-refractivity contribution in [1.29, 1.82) is 0 Å². The zero-order valence-corrected chi connectivity index (χ0v) is 12.0. The second kappa shape index (κ2) is 4.83. The van der Waals surface area contributed by atoms with E-state index >= 15 is 0 Å². The lowest BCUT2D eigenvalue weighted by atomic mass is 10.1. The molecule has 0 N–H and O–H groups in total. The SMILES string of the molecule is CC(C)(C)[Si](C)(C)OCCC1C=CCC1. The molecule has 0 saturated heterocycles. The van der Waals surface area contributed by atoms with Crippen LogP contribution in [-0.4, -0.2) is 14.9 Å². The monoisotopic (exact) mass is 226 g/mol. The predicted molar refractivity (Wildman–Crippen MR) is 69.6 cm³/mol. The second-order valence-electron chi connectivity index (χ2n) is 6.16. The van der Waals surface area contributed by atoms with Gasteiger partial charge < -0.3 is 4.43 Å². The highest BCUT2D eigenvalue weighted by Crippen LogP contribution is 2.36. The van der Waals surface area contributed by atoms with Crippen LogP contribution in [0.4, 0.5) is 0 Å². The molecule has 15 heavy (non-hydrogen) atoms. The van der Waals surface area contributed by atoms with E-state index in [-0.39, 0.29) is 0 Å². The average molecular weight is 226 g/mol. The third kappa shape index (κ3) is 3.76. The summed E-state index contributed by atoms with van der Waals surface area (Å²) in [5.74, 6) is 0.787. The van der Waals surface area contributed by atoms with Crippen molar-refractivity contribution in [3.8, 4) is 0 Å². The van der Waals surface area contributed by atoms with Gasteiger partial charge >= 0.3 is 0 Å². The van der Waals surface area contributed by atoms with Crippen LogP contribution in [0.15, 0.2) is 12.2 Å². The minimum absolute atomic E-state index is 0.346. The molecule has 0 fully saturated rings. The van der Waals surface area contributed by atoms with E-state index in [0.717, 1.165) is 12.5 Å². The Labute approximate surface area is 96.0 Å². The summed E-state index contributed by atoms with van der Waals surface area (Å²) >= 11 is 0. The van der Waals surface area contributed by atoms with Gasteiger partial charge in [-0.15, -0.1) is 0 Å². The molecule has 1 unspecified atom stereocenters. The molecule has 2 heteroatoms. The van der Waals surface area contributed by atoms with E-state index in [0.29, 0.717) is 5.04 Å². The molecule has 0 spiro atoms. The molecule has 0 aromatic carbocycles. The third-order valence-electron chi connectivity index (χ3n) is 3.87. The maximum atomic E-state index is 6.16. The molecular weight excluding hydrogens is 200 g/mol. The molecule has 0 amide bonds. The van der Waals surface area contributed by atoms with E-state index in [1.807, 2.05) is 0 Å². The van der Waals surface area contributed by atoms with Crippen molar-refractivity contribution in [3.05, 3.63) is 12.2 Å². The maximum Gasteiger partial charge on any atom is 0.191 e. The Hall–Kier alpha value is -0.0831. The minimum atomic E-state index is -1.50. The predicted octanol–water partition coefficient (Wildman–Crippen LogP) is 4.36. The number of hydrogen-bond acceptors (Lipinski definition) is 1. The first kappa shape index (κ1) is 13.0. The highest BCUT2D eigenvalue weighted by Gasteiger charge is 2.36. The lowest BCUT2D eigenvalue weighted by molar-refractivity contribution is 0.266. The zero-order valence-electron chi connectivity index (χ0n) is 11.0. The summed E-state index contributed by atoms with van der Waals surface area (Å²) in [5, 5.41) is 0.346. The Morgan fingerprint density at radius 1 is 1.33 bits per heavy atom. The van der Waals surface area contributed by atoms with Crippen molar-refractivity contribution in [3.63, 3.8) is 0 Å². The van der Waals surface area contributed by atoms with Crippen molar-refractivity contribution in [2.45, 2.75) is 58.2 Å². The van der Waals surface area contributed by atoms with Crippen LogP contribution in [0.5, 0.6) is 0 Å². The Morgan fingerprint density at radius 3 is 2.47 bits per heavy atom. The highest BCUT2D eigenvalue weighted by molar-refractivity contribution is 6.74. The molecule has 1 nitrogen and oxygen atoms in total. The van der Waals surface area contributed by atoms with Gasteiger partial charge in [0.25, 0.3) is 0 Å². The summed E-state index contributed by atoms with van der Waals surface area (Å²) in [4.78, 5) is 0. The topological polar surface area (TPSA) is 9.23 Å². The molecular formula is C13H26OSi. The second-order valence-corrected chi connectivity index (χ2v) is 11.0. The van der Waals surface area contributed by atoms with E-state index in [2.05, 4.69) is 46.0 Å². The molecule has 0 aliphatic heterocycles. The van der Waals surface area contributed by atoms with Gasteiger partial charge in [0.15, 0.2) is 8.32 Å². The molecule has 1 aliphatic rings. The zero-order chi connectivity index (χ0) is 11.5. The van der Waals surface area contributed by atoms with E-state index in [4.69, 9.17) is 4.43 Å². The molecule has 1 atom stereocenters. The van der Waals surface area contributed by atoms with Gasteiger partial charge in [-0.1, -0.05) is 32.9 Å². The Kier molecular flexibility index (Phi) is 4.18. The van der Waals surface area contributed by atoms with Crippen molar-refractivity contribution in [1.82, 2.24) is 0 Å². The third-order valence-corrected chi connectivity index (χ3v) is 8.41. The fourth-order valence-corrected chi connectivity index (χ4v) is 2.68. The molecule has 0 saturated carbocycles. The van der Waals surface area contributed by atoms with E-state index in [1.54, 1.807) is 0 Å². The van der Waals surface area contributed by atoms with E-state index in [9.17, 15) is 0 Å². The van der Waals surface area contributed by atoms with E-state index < -0.39 is 8.32 Å². The van der Waals surface area contributed by atoms with Crippen molar-refractivity contribution in [2.75, 3.05) is 6.61 Å². The van der Waals surface area contributed by atoms with Crippen LogP contribution >= 0.6 is 0 Å². The summed E-state index contributed by atoms with van der Waals surface area (Å²) in [7, 11) is -1.50. The van der Waals surface area contributed by atoms with Gasteiger partial charge in [-0.25, -0.2) is 0 Å². The number of hydrogen-bond donors (Lipinski definition) is 0. The van der Waals surface area contributed by atoms with Crippen LogP contribution in [-0.2, 0) is 4.43 Å². The normalized spacial score (nSPS) is 22.3. The first-order valence-electron chi connectivity index (χ1n) is 6.13. The Morgan fingerprint density at radius 2 is 2.00 bits per heavy atom. The van der Waals surface area contributed by atoms with Gasteiger partial charge in [-0.05, 0) is 43.3 Å². The Balaban J connectivity index is 2.27. The summed E-state index contributed by atoms with van der Waals surface area (Å²) in [6, 6.07) is 0. The standard InChI is InChI=1S/C13H26OSi/c1-13(2,3)15(4,5)14-11-10-12-8-6-7-9-12/h6,8,12H,7,9-11H2,1-5H3. The smallest absolute Gasteiger partial charge is 0.191 e. The first-order valence-corrected chi connectivity index (χ1v) is 9.04. The molecule has 88 valence electrons. The van der Waals surface area contributed by atoms with Gasteiger partial charge in [-0.3, -0.25) is 0 Å². The maximum absolute atomic E-state index is 6.16. The molecule has 0 radical (unpaired) electrons. The summed E-state index contributed by atoms with van der Waals surface area (Å²) in [6.07, 6.45) is 8.47. The van der Waals surface area contributed by atoms with Gasteiger partial charge in [0.1, 0.15) is 0 Å². The number of allylic oxidation sites excluding steroid dienone is 2. The van der Waals surface area contributed by atoms with Crippen LogP contribution in [0.25, 0.3) is 0 Å². The molecule has 0 aromatic heterocycles. The first-order chi connectivity index (χ1) is 6.83. The largest absolute Gasteiger partial charge is 0.417 e. The average Bonchev–Trinajstić information content (AvgIpc) is 2.54. The van der Waals surface area contributed by atoms with Crippen molar-refractivity contribution in [2.24, 2.45) is 5.92 Å². The summed E-state index contributed by atoms with van der Waals surface area (Å²) < 4.78 is 6.16. The van der Waals surface area contributed by atoms with Crippen LogP contribution < -0.4 is 0 Å². The molecule has 0 heterocycles. The Bertz CT molecular complexity index is 225. The van der Waals surface area contributed by atoms with Crippen molar-refractivity contribution >= 4 is 8.32 Å². The van der Waals surface area contributed by atoms with Crippen molar-refractivity contribution < 1.29 is 4.43 Å². The molecule has 1 rings (SSSR count). The molecule has 1 aliphatic carbocycles. The molecule has 0 aromatic rings. The lowest BCUT2D eigenvalue weighted by Crippen LogP contribution is -2.41. The van der Waals surface area contributed by atoms with E-state index in [1.165, 1.54) is 19.3 Å². The quantitative estimate of drug-likeness (QED) is 0.511. The van der Waals surface area contributed by atoms with Crippen LogP contribution in [0.2, 0.25) is 18.1 Å². The fourth-order valence-electron chi connectivity index (χ4n) is 1.62. The summed E-state index contributed by atoms with van der Waals surface area (Å²) in [5.41, 5.74) is 0. The van der Waals surface area contributed by atoms with Gasteiger partial charge in [0.2, 0.25) is 0 Å². The van der Waals surface area contributed by atoms with Crippen LogP contribution in [0, 0.1) is 5.92 Å². The minimum Gasteiger partial charge on any atom is -0.417 e. The van der Waals surface area contributed by atoms with Gasteiger partial charge in [-0.2, -0.15) is 0 Å². The fraction of sp³-hybridized carbons (Fsp3) is 0.846. The molecule has 0 bridgehead atoms. The van der Waals surface area contributed by atoms with Gasteiger partial charge in [0, 0.05) is 6.61 Å². The number of rotatable bonds is 4. The van der Waals surface area contributed by atoms with Crippen LogP contribution in [0.1, 0.15) is 40.0 Å².